The number of sulfonamides is 1. The summed E-state index contributed by atoms with van der Waals surface area (Å²) in [6.07, 6.45) is 5.86. The van der Waals surface area contributed by atoms with E-state index in [0.29, 0.717) is 125 Å². The van der Waals surface area contributed by atoms with Crippen molar-refractivity contribution >= 4 is 84.6 Å². The molecule has 0 bridgehead atoms. The second kappa shape index (κ2) is 27.7. The van der Waals surface area contributed by atoms with E-state index >= 15 is 4.39 Å². The fourth-order valence-electron chi connectivity index (χ4n) is 16.3. The quantitative estimate of drug-likeness (QED) is 0.0335. The van der Waals surface area contributed by atoms with Gasteiger partial charge in [-0.1, -0.05) is 60.7 Å². The summed E-state index contributed by atoms with van der Waals surface area (Å²) in [5.74, 6) is -4.59. The molecule has 9 heterocycles. The first-order chi connectivity index (χ1) is 51.0. The minimum atomic E-state index is -3.82. The Morgan fingerprint density at radius 1 is 0.598 bits per heavy atom. The Hall–Kier alpha value is -11.1. The van der Waals surface area contributed by atoms with E-state index in [2.05, 4.69) is 29.6 Å². The van der Waals surface area contributed by atoms with Gasteiger partial charge in [0, 0.05) is 56.4 Å². The predicted octanol–water partition coefficient (Wildman–Crippen LogP) is 9.68. The Morgan fingerprint density at radius 3 is 1.35 bits per heavy atom. The number of hydrogen-bond donors (Lipinski definition) is 12. The zero-order chi connectivity index (χ0) is 76.1. The number of carboxylic acids is 3. The van der Waals surface area contributed by atoms with Crippen molar-refractivity contribution in [1.82, 2.24) is 39.6 Å². The minimum absolute atomic E-state index is 0.0190. The molecule has 0 radical (unpaired) electrons. The van der Waals surface area contributed by atoms with Crippen LogP contribution in [0.3, 0.4) is 0 Å². The lowest BCUT2D eigenvalue weighted by atomic mass is 9.71. The van der Waals surface area contributed by atoms with Crippen LogP contribution in [-0.4, -0.2) is 186 Å². The molecule has 33 heteroatoms. The second-order valence-corrected chi connectivity index (χ2v) is 30.7. The predicted molar refractivity (Wildman–Crippen MR) is 384 cm³/mol. The van der Waals surface area contributed by atoms with Gasteiger partial charge >= 0.3 is 36.2 Å². The Labute approximate surface area is 608 Å². The van der Waals surface area contributed by atoms with Crippen molar-refractivity contribution in [2.45, 2.75) is 99.5 Å². The standard InChI is InChI=1S/C27H29FN4O7S.C24H26N4O6.C23H23FN4O5/c1-14(32-13-27(39-26(32)35)8-15(9-27)10-29)18-3-2-4-19-22(24(25(33)34)30-23(18)19)16-5-6-21(20(28)7-16)31-40(36,37)17-11-38-12-17;1-12(28-11-24(34-23(28)32)7-13(8-24)9-25)15-4-3-5-16-18(20(22(30)31)27-19(15)16)14-6-17(33-2)21(29)26-10-14;1-11(28-10-23(33-22(28)32)6-12(7-23)8-25)14-3-2-4-15-17(19(21(30)31)27-18(14)15)13-5-16(24)20(29)26-9-13/h2-7,14-15,17,30-31H,8-13,29H2,1H3,(H,33,34);3-6,10,12-13,27H,7-9,11,25H2,1-2H3,(H,26,29)(H,30,31);2-5,9,11-12,27H,6-8,10,25H2,1H3,(H,26,29)(H,30,31)/t14-,15?,27?;12-,13?,24?;11-,12?,23?/m000/s1. The Morgan fingerprint density at radius 2 is 0.991 bits per heavy atom. The number of rotatable bonds is 19. The first kappa shape index (κ1) is 72.8. The van der Waals surface area contributed by atoms with Crippen LogP contribution < -0.4 is 32.2 Å². The molecule has 30 nitrogen and oxygen atoms in total. The number of aromatic carboxylic acids is 3. The van der Waals surface area contributed by atoms with Crippen LogP contribution in [0.25, 0.3) is 66.1 Å². The summed E-state index contributed by atoms with van der Waals surface area (Å²) in [6.45, 7) is 8.68. The normalized spacial score (nSPS) is 23.1. The molecule has 562 valence electrons. The van der Waals surface area contributed by atoms with Crippen molar-refractivity contribution in [2.75, 3.05) is 64.3 Å². The number of carbonyl (C=O) groups is 6. The van der Waals surface area contributed by atoms with Gasteiger partial charge in [-0.25, -0.2) is 50.9 Å². The van der Waals surface area contributed by atoms with Crippen LogP contribution in [0.1, 0.15) is 126 Å². The van der Waals surface area contributed by atoms with Gasteiger partial charge in [-0.3, -0.25) is 24.2 Å². The van der Waals surface area contributed by atoms with Gasteiger partial charge in [0.25, 0.3) is 11.4 Å². The minimum Gasteiger partial charge on any atom is -0.491 e. The van der Waals surface area contributed by atoms with Gasteiger partial charge in [0.15, 0.2) is 11.6 Å². The van der Waals surface area contributed by atoms with Crippen LogP contribution in [0.5, 0.6) is 11.6 Å². The largest absolute Gasteiger partial charge is 0.491 e. The molecule has 9 aromatic rings. The number of methoxy groups -OCH3 is 1. The number of nitrogens with one attached hydrogen (secondary N) is 5. The van der Waals surface area contributed by atoms with Crippen LogP contribution in [0.4, 0.5) is 28.9 Å². The average Bonchev–Trinajstić information content (AvgIpc) is 1.61. The molecule has 3 aliphatic carbocycles. The van der Waals surface area contributed by atoms with E-state index in [9.17, 15) is 66.8 Å². The molecule has 0 unspecified atom stereocenters. The number of aromatic nitrogens is 5. The van der Waals surface area contributed by atoms with E-state index in [1.807, 2.05) is 51.1 Å². The number of pyridine rings is 2. The summed E-state index contributed by atoms with van der Waals surface area (Å²) in [5, 5.41) is 40.6. The smallest absolute Gasteiger partial charge is 0.411 e. The van der Waals surface area contributed by atoms with Crippen molar-refractivity contribution in [3.05, 3.63) is 153 Å². The second-order valence-electron chi connectivity index (χ2n) is 28.8. The maximum absolute atomic E-state index is 15.1. The molecule has 3 amide bonds. The van der Waals surface area contributed by atoms with E-state index in [-0.39, 0.29) is 82.0 Å². The number of nitrogens with two attached hydrogens (primary N) is 3. The van der Waals surface area contributed by atoms with Gasteiger partial charge in [-0.15, -0.1) is 0 Å². The molecule has 7 fully saturated rings. The molecule has 7 aliphatic rings. The molecule has 4 saturated heterocycles. The van der Waals surface area contributed by atoms with Crippen LogP contribution in [0.15, 0.2) is 102 Å². The molecule has 3 atom stereocenters. The summed E-state index contributed by atoms with van der Waals surface area (Å²) in [5.41, 5.74) is 19.9. The molecular weight excluding hydrogens is 1410 g/mol. The molecule has 3 saturated carbocycles. The highest BCUT2D eigenvalue weighted by Crippen LogP contribution is 2.51. The lowest BCUT2D eigenvalue weighted by molar-refractivity contribution is -0.0444. The molecule has 4 aromatic carbocycles. The van der Waals surface area contributed by atoms with Crippen molar-refractivity contribution in [1.29, 1.82) is 0 Å². The van der Waals surface area contributed by atoms with Crippen molar-refractivity contribution in [3.63, 3.8) is 0 Å². The molecule has 4 aliphatic heterocycles. The van der Waals surface area contributed by atoms with Gasteiger partial charge in [-0.05, 0) is 143 Å². The van der Waals surface area contributed by atoms with Crippen LogP contribution in [0.2, 0.25) is 0 Å². The zero-order valence-corrected chi connectivity index (χ0v) is 59.2. The number of nitrogens with zero attached hydrogens (tertiary/aromatic N) is 4. The fraction of sp³-hybridized carbons (Fsp3) is 0.378. The maximum atomic E-state index is 15.1. The first-order valence-corrected chi connectivity index (χ1v) is 36.3. The lowest BCUT2D eigenvalue weighted by Gasteiger charge is -2.42. The third kappa shape index (κ3) is 13.0. The van der Waals surface area contributed by atoms with Gasteiger partial charge in [0.05, 0.1) is 80.3 Å². The van der Waals surface area contributed by atoms with Crippen LogP contribution in [-0.2, 0) is 29.0 Å². The highest BCUT2D eigenvalue weighted by molar-refractivity contribution is 7.93. The number of hydrogen-bond acceptors (Lipinski definition) is 19. The van der Waals surface area contributed by atoms with Crippen molar-refractivity contribution in [2.24, 2.45) is 35.0 Å². The summed E-state index contributed by atoms with van der Waals surface area (Å²) < 4.78 is 83.4. The average molecular weight is 1490 g/mol. The summed E-state index contributed by atoms with van der Waals surface area (Å²) in [6, 6.07) is 21.3. The van der Waals surface area contributed by atoms with Gasteiger partial charge in [-0.2, -0.15) is 0 Å². The van der Waals surface area contributed by atoms with Crippen molar-refractivity contribution in [3.8, 4) is 45.0 Å². The monoisotopic (exact) mass is 1490 g/mol. The number of amides is 3. The number of anilines is 1. The maximum Gasteiger partial charge on any atom is 0.411 e. The molecule has 5 aromatic heterocycles. The third-order valence-electron chi connectivity index (χ3n) is 22.0. The zero-order valence-electron chi connectivity index (χ0n) is 58.4. The number of aromatic amines is 4. The number of ether oxygens (including phenoxy) is 5. The number of halogens is 2. The number of para-hydroxylation sites is 3. The topological polar surface area (TPSA) is 457 Å². The highest BCUT2D eigenvalue weighted by Gasteiger charge is 2.57. The number of aromatic hydroxyl groups is 1. The third-order valence-corrected chi connectivity index (χ3v) is 23.6. The number of H-pyrrole nitrogens is 4. The summed E-state index contributed by atoms with van der Waals surface area (Å²) in [7, 11) is -2.43. The van der Waals surface area contributed by atoms with E-state index in [0.717, 1.165) is 43.4 Å². The number of fused-ring (bicyclic) bond motifs is 3. The van der Waals surface area contributed by atoms with E-state index in [1.165, 1.54) is 31.6 Å². The van der Waals surface area contributed by atoms with Gasteiger partial charge < -0.3 is 81.2 Å². The van der Waals surface area contributed by atoms with E-state index in [1.54, 1.807) is 45.0 Å². The van der Waals surface area contributed by atoms with Crippen LogP contribution >= 0.6 is 0 Å². The fourth-order valence-corrected chi connectivity index (χ4v) is 17.5. The number of carboxylic acid groups (broad SMARTS) is 3. The molecule has 15 N–H and O–H groups in total. The van der Waals surface area contributed by atoms with Crippen molar-refractivity contribution < 1.29 is 90.1 Å². The summed E-state index contributed by atoms with van der Waals surface area (Å²) in [4.78, 5) is 106. The Balaban J connectivity index is 0.000000135. The first-order valence-electron chi connectivity index (χ1n) is 34.8. The lowest BCUT2D eigenvalue weighted by Crippen LogP contribution is -2.49. The number of carbonyl (C=O) groups excluding carboxylic acids is 3. The molecule has 16 rings (SSSR count). The van der Waals surface area contributed by atoms with E-state index < -0.39 is 91.4 Å². The molecular formula is C74H78F2N12O18S. The van der Waals surface area contributed by atoms with E-state index in [4.69, 9.17) is 40.9 Å². The SMILES string of the molecule is COc1cc(-c2c(C(=O)O)[nH]c3c([C@H](C)N4CC5(CC(CN)C5)OC4=O)cccc23)cnc1O.C[C@@H](c1cccc2c(-c3c[nH]c(=O)c(F)c3)c(C(=O)O)[nH]c12)N1CC2(CC(CN)C2)OC1=O.C[C@@H](c1cccc2c(-c3ccc(NS(=O)(=O)C4COC4)c(F)c3)c(C(=O)O)[nH]c12)N1CC2(CC(CN)C2)OC1=O. The Bertz CT molecular complexity index is 5290. The Kier molecular flexibility index (Phi) is 18.8. The number of benzene rings is 4. The highest BCUT2D eigenvalue weighted by atomic mass is 32.2. The molecule has 107 heavy (non-hydrogen) atoms. The summed E-state index contributed by atoms with van der Waals surface area (Å²) >= 11 is 0. The van der Waals surface area contributed by atoms with Gasteiger partial charge in [0.1, 0.15) is 45.0 Å². The van der Waals surface area contributed by atoms with Gasteiger partial charge in [0.2, 0.25) is 10.0 Å². The molecule has 3 spiro atoms. The van der Waals surface area contributed by atoms with Crippen LogP contribution in [0, 0.1) is 29.4 Å².